The molecular weight excluding hydrogens is 184 g/mol. The van der Waals surface area contributed by atoms with Gasteiger partial charge in [0.1, 0.15) is 6.04 Å². The van der Waals surface area contributed by atoms with Gasteiger partial charge in [-0.2, -0.15) is 4.98 Å². The van der Waals surface area contributed by atoms with Gasteiger partial charge in [0.05, 0.1) is 12.3 Å². The third kappa shape index (κ3) is 1.52. The smallest absolute Gasteiger partial charge is 0.246 e. The highest BCUT2D eigenvalue weighted by Gasteiger charge is 2.14. The fourth-order valence-electron chi connectivity index (χ4n) is 1.04. The molecule has 1 atom stereocenters. The Labute approximate surface area is 79.7 Å². The summed E-state index contributed by atoms with van der Waals surface area (Å²) in [6.45, 7) is -0.216. The van der Waals surface area contributed by atoms with Crippen LogP contribution in [-0.2, 0) is 0 Å². The van der Waals surface area contributed by atoms with Crippen molar-refractivity contribution in [3.8, 4) is 11.5 Å². The second-order valence-electron chi connectivity index (χ2n) is 2.83. The van der Waals surface area contributed by atoms with Crippen molar-refractivity contribution in [1.82, 2.24) is 15.1 Å². The molecule has 0 unspecified atom stereocenters. The third-order valence-electron chi connectivity index (χ3n) is 1.79. The van der Waals surface area contributed by atoms with Crippen LogP contribution in [-0.4, -0.2) is 26.8 Å². The quantitative estimate of drug-likeness (QED) is 0.641. The molecule has 0 saturated heterocycles. The average molecular weight is 194 g/mol. The number of H-pyrrole nitrogens is 1. The summed E-state index contributed by atoms with van der Waals surface area (Å²) in [7, 11) is 0. The lowest BCUT2D eigenvalue weighted by molar-refractivity contribution is 0.237. The normalized spacial score (nSPS) is 13.0. The van der Waals surface area contributed by atoms with Crippen LogP contribution in [0.2, 0.25) is 0 Å². The molecule has 0 radical (unpaired) electrons. The Bertz CT molecular complexity index is 395. The van der Waals surface area contributed by atoms with Crippen molar-refractivity contribution in [3.05, 3.63) is 24.2 Å². The Kier molecular flexibility index (Phi) is 2.30. The predicted octanol–water partition coefficient (Wildman–Crippen LogP) is 0.0568. The summed E-state index contributed by atoms with van der Waals surface area (Å²) in [6, 6.07) is 3.03. The first-order valence-corrected chi connectivity index (χ1v) is 4.15. The van der Waals surface area contributed by atoms with Crippen LogP contribution < -0.4 is 5.73 Å². The minimum atomic E-state index is -0.619. The molecule has 2 heterocycles. The molecule has 2 aromatic heterocycles. The van der Waals surface area contributed by atoms with Gasteiger partial charge in [-0.05, 0) is 12.1 Å². The molecule has 0 aliphatic rings. The highest BCUT2D eigenvalue weighted by atomic mass is 16.5. The molecule has 2 rings (SSSR count). The number of hydrogen-bond donors (Lipinski definition) is 3. The first-order valence-electron chi connectivity index (χ1n) is 4.15. The van der Waals surface area contributed by atoms with E-state index >= 15 is 0 Å². The van der Waals surface area contributed by atoms with Gasteiger partial charge in [-0.1, -0.05) is 5.16 Å². The molecule has 0 bridgehead atoms. The van der Waals surface area contributed by atoms with Crippen molar-refractivity contribution < 1.29 is 9.63 Å². The summed E-state index contributed by atoms with van der Waals surface area (Å²) in [6.07, 6.45) is 1.76. The predicted molar refractivity (Wildman–Crippen MR) is 48.1 cm³/mol. The van der Waals surface area contributed by atoms with E-state index in [1.54, 1.807) is 6.20 Å². The third-order valence-corrected chi connectivity index (χ3v) is 1.79. The second-order valence-corrected chi connectivity index (χ2v) is 2.83. The van der Waals surface area contributed by atoms with Crippen molar-refractivity contribution in [2.45, 2.75) is 6.04 Å². The fourth-order valence-corrected chi connectivity index (χ4v) is 1.04. The van der Waals surface area contributed by atoms with E-state index in [2.05, 4.69) is 15.1 Å². The zero-order valence-electron chi connectivity index (χ0n) is 7.34. The summed E-state index contributed by atoms with van der Waals surface area (Å²) < 4.78 is 4.88. The molecule has 6 nitrogen and oxygen atoms in total. The lowest BCUT2D eigenvalue weighted by Gasteiger charge is -1.98. The Balaban J connectivity index is 2.26. The minimum absolute atomic E-state index is 0.216. The van der Waals surface area contributed by atoms with Gasteiger partial charge in [0.25, 0.3) is 0 Å². The van der Waals surface area contributed by atoms with E-state index in [4.69, 9.17) is 15.4 Å². The van der Waals surface area contributed by atoms with E-state index in [-0.39, 0.29) is 12.5 Å². The van der Waals surface area contributed by atoms with Gasteiger partial charge in [-0.25, -0.2) is 0 Å². The molecule has 14 heavy (non-hydrogen) atoms. The number of rotatable bonds is 3. The number of aromatic amines is 1. The average Bonchev–Trinajstić information content (AvgIpc) is 2.86. The molecule has 6 heteroatoms. The second kappa shape index (κ2) is 3.60. The molecular formula is C8H10N4O2. The zero-order valence-corrected chi connectivity index (χ0v) is 7.34. The van der Waals surface area contributed by atoms with E-state index in [0.29, 0.717) is 5.82 Å². The first kappa shape index (κ1) is 8.92. The molecule has 0 spiro atoms. The molecule has 0 saturated carbocycles. The lowest BCUT2D eigenvalue weighted by atomic mass is 10.3. The monoisotopic (exact) mass is 194 g/mol. The number of nitrogens with two attached hydrogens (primary N) is 1. The van der Waals surface area contributed by atoms with E-state index in [0.717, 1.165) is 5.69 Å². The van der Waals surface area contributed by atoms with E-state index in [1.807, 2.05) is 12.1 Å². The van der Waals surface area contributed by atoms with Gasteiger partial charge in [0.15, 0.2) is 0 Å². The number of hydrogen-bond acceptors (Lipinski definition) is 5. The van der Waals surface area contributed by atoms with Crippen LogP contribution in [0.3, 0.4) is 0 Å². The van der Waals surface area contributed by atoms with Gasteiger partial charge >= 0.3 is 0 Å². The topological polar surface area (TPSA) is 101 Å². The summed E-state index contributed by atoms with van der Waals surface area (Å²) in [5.41, 5.74) is 6.26. The van der Waals surface area contributed by atoms with Crippen molar-refractivity contribution in [1.29, 1.82) is 0 Å². The first-order chi connectivity index (χ1) is 6.81. The maximum Gasteiger partial charge on any atom is 0.246 e. The van der Waals surface area contributed by atoms with Crippen molar-refractivity contribution in [2.75, 3.05) is 6.61 Å². The number of aliphatic hydroxyl groups excluding tert-OH is 1. The summed E-state index contributed by atoms with van der Waals surface area (Å²) >= 11 is 0. The lowest BCUT2D eigenvalue weighted by Crippen LogP contribution is -2.14. The molecule has 2 aromatic rings. The molecule has 74 valence electrons. The van der Waals surface area contributed by atoms with Gasteiger partial charge < -0.3 is 20.3 Å². The summed E-state index contributed by atoms with van der Waals surface area (Å²) in [5.74, 6) is 0.672. The van der Waals surface area contributed by atoms with Gasteiger partial charge in [0.2, 0.25) is 11.7 Å². The van der Waals surface area contributed by atoms with Crippen LogP contribution >= 0.6 is 0 Å². The molecule has 0 amide bonds. The van der Waals surface area contributed by atoms with Crippen LogP contribution in [0.4, 0.5) is 0 Å². The van der Waals surface area contributed by atoms with Gasteiger partial charge in [-0.3, -0.25) is 0 Å². The fraction of sp³-hybridized carbons (Fsp3) is 0.250. The molecule has 0 aromatic carbocycles. The van der Waals surface area contributed by atoms with Crippen LogP contribution in [0.25, 0.3) is 11.5 Å². The van der Waals surface area contributed by atoms with Crippen LogP contribution in [0.15, 0.2) is 22.9 Å². The highest BCUT2D eigenvalue weighted by Crippen LogP contribution is 2.15. The highest BCUT2D eigenvalue weighted by molar-refractivity contribution is 5.47. The maximum absolute atomic E-state index is 8.77. The van der Waals surface area contributed by atoms with Crippen LogP contribution in [0.1, 0.15) is 11.9 Å². The van der Waals surface area contributed by atoms with E-state index in [9.17, 15) is 0 Å². The Hall–Kier alpha value is -1.66. The number of aliphatic hydroxyl groups is 1. The largest absolute Gasteiger partial charge is 0.394 e. The summed E-state index contributed by atoms with van der Waals surface area (Å²) in [5, 5.41) is 12.5. The zero-order chi connectivity index (χ0) is 9.97. The van der Waals surface area contributed by atoms with Crippen molar-refractivity contribution >= 4 is 0 Å². The maximum atomic E-state index is 8.77. The number of aromatic nitrogens is 3. The van der Waals surface area contributed by atoms with Gasteiger partial charge in [-0.15, -0.1) is 0 Å². The Morgan fingerprint density at radius 3 is 3.14 bits per heavy atom. The van der Waals surface area contributed by atoms with Crippen molar-refractivity contribution in [2.24, 2.45) is 5.73 Å². The van der Waals surface area contributed by atoms with Crippen LogP contribution in [0.5, 0.6) is 0 Å². The molecule has 0 aliphatic heterocycles. The Morgan fingerprint density at radius 2 is 2.50 bits per heavy atom. The number of nitrogens with one attached hydrogen (secondary N) is 1. The van der Waals surface area contributed by atoms with Gasteiger partial charge in [0, 0.05) is 6.20 Å². The molecule has 0 aliphatic carbocycles. The SMILES string of the molecule is N[C@@H](CO)c1nc(-c2ccc[nH]2)no1. The van der Waals surface area contributed by atoms with Crippen LogP contribution in [0, 0.1) is 0 Å². The Morgan fingerprint density at radius 1 is 1.64 bits per heavy atom. The number of nitrogens with zero attached hydrogens (tertiary/aromatic N) is 2. The molecule has 4 N–H and O–H groups in total. The van der Waals surface area contributed by atoms with E-state index in [1.165, 1.54) is 0 Å². The summed E-state index contributed by atoms with van der Waals surface area (Å²) in [4.78, 5) is 6.96. The standard InChI is InChI=1S/C8H10N4O2/c9-5(4-13)8-11-7(12-14-8)6-2-1-3-10-6/h1-3,5,10,13H,4,9H2/t5-/m0/s1. The van der Waals surface area contributed by atoms with E-state index < -0.39 is 6.04 Å². The molecule has 0 fully saturated rings. The minimum Gasteiger partial charge on any atom is -0.394 e. The van der Waals surface area contributed by atoms with Crippen molar-refractivity contribution in [3.63, 3.8) is 0 Å².